The van der Waals surface area contributed by atoms with E-state index in [0.29, 0.717) is 5.82 Å². The van der Waals surface area contributed by atoms with Gasteiger partial charge in [0.25, 0.3) is 0 Å². The van der Waals surface area contributed by atoms with E-state index in [2.05, 4.69) is 9.97 Å². The van der Waals surface area contributed by atoms with Gasteiger partial charge in [-0.1, -0.05) is 6.07 Å². The number of thiophene rings is 1. The molecule has 0 aliphatic rings. The maximum Gasteiger partial charge on any atom is 0.148 e. The number of H-pyrrole nitrogens is 1. The molecule has 3 N–H and O–H groups in total. The van der Waals surface area contributed by atoms with Crippen LogP contribution in [-0.2, 0) is 0 Å². The van der Waals surface area contributed by atoms with Gasteiger partial charge in [0.15, 0.2) is 0 Å². The van der Waals surface area contributed by atoms with Crippen molar-refractivity contribution in [1.82, 2.24) is 9.97 Å². The molecule has 2 rings (SSSR count). The lowest BCUT2D eigenvalue weighted by atomic mass is 10.4. The molecule has 11 heavy (non-hydrogen) atoms. The topological polar surface area (TPSA) is 54.7 Å². The Hall–Kier alpha value is -1.29. The van der Waals surface area contributed by atoms with E-state index in [1.54, 1.807) is 17.5 Å². The summed E-state index contributed by atoms with van der Waals surface area (Å²) in [5.41, 5.74) is 5.47. The molecule has 0 saturated heterocycles. The lowest BCUT2D eigenvalue weighted by Gasteiger charge is -1.86. The van der Waals surface area contributed by atoms with Crippen molar-refractivity contribution in [3.8, 4) is 10.7 Å². The summed E-state index contributed by atoms with van der Waals surface area (Å²) in [6.45, 7) is 0. The van der Waals surface area contributed by atoms with E-state index >= 15 is 0 Å². The number of anilines is 1. The average molecular weight is 165 g/mol. The molecule has 0 bridgehead atoms. The fraction of sp³-hybridized carbons (Fsp3) is 0. The highest BCUT2D eigenvalue weighted by molar-refractivity contribution is 7.13. The zero-order valence-electron chi connectivity index (χ0n) is 5.74. The second-order valence-electron chi connectivity index (χ2n) is 2.16. The van der Waals surface area contributed by atoms with Gasteiger partial charge >= 0.3 is 0 Å². The molecule has 4 heteroatoms. The van der Waals surface area contributed by atoms with Crippen LogP contribution in [0.15, 0.2) is 23.7 Å². The van der Waals surface area contributed by atoms with Crippen LogP contribution in [0.2, 0.25) is 0 Å². The van der Waals surface area contributed by atoms with E-state index in [1.165, 1.54) is 0 Å². The van der Waals surface area contributed by atoms with Crippen LogP contribution in [-0.4, -0.2) is 9.97 Å². The molecule has 0 radical (unpaired) electrons. The van der Waals surface area contributed by atoms with Crippen LogP contribution in [0.25, 0.3) is 10.7 Å². The molecule has 0 atom stereocenters. The first-order chi connectivity index (χ1) is 5.36. The second-order valence-corrected chi connectivity index (χ2v) is 3.11. The van der Waals surface area contributed by atoms with Gasteiger partial charge in [-0.15, -0.1) is 11.3 Å². The summed E-state index contributed by atoms with van der Waals surface area (Å²) in [7, 11) is 0. The Kier molecular flexibility index (Phi) is 1.40. The zero-order valence-corrected chi connectivity index (χ0v) is 6.56. The molecule has 0 fully saturated rings. The maximum atomic E-state index is 5.47. The molecular weight excluding hydrogens is 158 g/mol. The molecule has 0 unspecified atom stereocenters. The molecule has 3 nitrogen and oxygen atoms in total. The summed E-state index contributed by atoms with van der Waals surface area (Å²) in [5.74, 6) is 1.45. The minimum absolute atomic E-state index is 0.605. The van der Waals surface area contributed by atoms with Crippen molar-refractivity contribution in [3.63, 3.8) is 0 Å². The first-order valence-electron chi connectivity index (χ1n) is 3.20. The molecule has 0 aliphatic carbocycles. The number of hydrogen-bond donors (Lipinski definition) is 2. The molecule has 0 aliphatic heterocycles. The molecule has 0 saturated carbocycles. The molecule has 0 aromatic carbocycles. The van der Waals surface area contributed by atoms with Gasteiger partial charge in [-0.05, 0) is 11.4 Å². The Labute approximate surface area is 67.9 Å². The fourth-order valence-corrected chi connectivity index (χ4v) is 1.55. The molecule has 0 amide bonds. The lowest BCUT2D eigenvalue weighted by Crippen LogP contribution is -1.81. The van der Waals surface area contributed by atoms with Crippen LogP contribution in [0.3, 0.4) is 0 Å². The monoisotopic (exact) mass is 165 g/mol. The molecule has 2 aromatic rings. The van der Waals surface area contributed by atoms with E-state index in [4.69, 9.17) is 5.73 Å². The van der Waals surface area contributed by atoms with Gasteiger partial charge in [0.05, 0.1) is 11.1 Å². The Morgan fingerprint density at radius 3 is 3.00 bits per heavy atom. The molecular formula is C7H7N3S. The van der Waals surface area contributed by atoms with Gasteiger partial charge in [-0.25, -0.2) is 4.98 Å². The van der Waals surface area contributed by atoms with E-state index in [-0.39, 0.29) is 0 Å². The largest absolute Gasteiger partial charge is 0.384 e. The number of nitrogen functional groups attached to an aromatic ring is 1. The SMILES string of the molecule is Nc1cnc(-c2cccs2)[nH]1. The number of imidazole rings is 1. The minimum atomic E-state index is 0.605. The number of nitrogens with zero attached hydrogens (tertiary/aromatic N) is 1. The van der Waals surface area contributed by atoms with Crippen LogP contribution in [0, 0.1) is 0 Å². The summed E-state index contributed by atoms with van der Waals surface area (Å²) in [6, 6.07) is 3.99. The third-order valence-corrected chi connectivity index (χ3v) is 2.23. The molecule has 2 aromatic heterocycles. The predicted octanol–water partition coefficient (Wildman–Crippen LogP) is 1.72. The number of nitrogens with two attached hydrogens (primary N) is 1. The van der Waals surface area contributed by atoms with Crippen LogP contribution in [0.4, 0.5) is 5.82 Å². The van der Waals surface area contributed by atoms with Gasteiger partial charge in [-0.3, -0.25) is 0 Å². The summed E-state index contributed by atoms with van der Waals surface area (Å²) < 4.78 is 0. The van der Waals surface area contributed by atoms with Gasteiger partial charge < -0.3 is 10.7 Å². The van der Waals surface area contributed by atoms with Crippen molar-refractivity contribution in [3.05, 3.63) is 23.7 Å². The quantitative estimate of drug-likeness (QED) is 0.676. The van der Waals surface area contributed by atoms with Crippen molar-refractivity contribution in [1.29, 1.82) is 0 Å². The number of aromatic amines is 1. The smallest absolute Gasteiger partial charge is 0.148 e. The normalized spacial score (nSPS) is 10.2. The second kappa shape index (κ2) is 2.39. The summed E-state index contributed by atoms with van der Waals surface area (Å²) in [6.07, 6.45) is 1.62. The van der Waals surface area contributed by atoms with Crippen molar-refractivity contribution in [2.75, 3.05) is 5.73 Å². The third-order valence-electron chi connectivity index (χ3n) is 1.35. The van der Waals surface area contributed by atoms with Crippen molar-refractivity contribution in [2.24, 2.45) is 0 Å². The highest BCUT2D eigenvalue weighted by atomic mass is 32.1. The number of rotatable bonds is 1. The fourth-order valence-electron chi connectivity index (χ4n) is 0.874. The minimum Gasteiger partial charge on any atom is -0.384 e. The van der Waals surface area contributed by atoms with E-state index < -0.39 is 0 Å². The van der Waals surface area contributed by atoms with Gasteiger partial charge in [0, 0.05) is 0 Å². The molecule has 2 heterocycles. The summed E-state index contributed by atoms with van der Waals surface area (Å²) >= 11 is 1.64. The zero-order chi connectivity index (χ0) is 7.68. The molecule has 56 valence electrons. The van der Waals surface area contributed by atoms with Crippen LogP contribution in [0.1, 0.15) is 0 Å². The van der Waals surface area contributed by atoms with E-state index in [9.17, 15) is 0 Å². The highest BCUT2D eigenvalue weighted by Gasteiger charge is 2.00. The summed E-state index contributed by atoms with van der Waals surface area (Å²) in [5, 5.41) is 2.01. The van der Waals surface area contributed by atoms with E-state index in [0.717, 1.165) is 10.7 Å². The maximum absolute atomic E-state index is 5.47. The first kappa shape index (κ1) is 6.42. The summed E-state index contributed by atoms with van der Waals surface area (Å²) in [4.78, 5) is 8.16. The van der Waals surface area contributed by atoms with Gasteiger partial charge in [-0.2, -0.15) is 0 Å². The Bertz CT molecular complexity index is 336. The Morgan fingerprint density at radius 1 is 1.55 bits per heavy atom. The number of nitrogens with one attached hydrogen (secondary N) is 1. The average Bonchev–Trinajstić information content (AvgIpc) is 2.55. The van der Waals surface area contributed by atoms with Crippen molar-refractivity contribution in [2.45, 2.75) is 0 Å². The van der Waals surface area contributed by atoms with Crippen molar-refractivity contribution < 1.29 is 0 Å². The first-order valence-corrected chi connectivity index (χ1v) is 4.08. The standard InChI is InChI=1S/C7H7N3S/c8-6-4-9-7(10-6)5-2-1-3-11-5/h1-4H,8H2,(H,9,10). The van der Waals surface area contributed by atoms with Crippen LogP contribution in [0.5, 0.6) is 0 Å². The number of hydrogen-bond acceptors (Lipinski definition) is 3. The Morgan fingerprint density at radius 2 is 2.45 bits per heavy atom. The van der Waals surface area contributed by atoms with Crippen LogP contribution < -0.4 is 5.73 Å². The van der Waals surface area contributed by atoms with Gasteiger partial charge in [0.1, 0.15) is 11.6 Å². The van der Waals surface area contributed by atoms with Crippen LogP contribution >= 0.6 is 11.3 Å². The van der Waals surface area contributed by atoms with Crippen molar-refractivity contribution >= 4 is 17.2 Å². The third kappa shape index (κ3) is 1.12. The van der Waals surface area contributed by atoms with Gasteiger partial charge in [0.2, 0.25) is 0 Å². The Balaban J connectivity index is 2.45. The lowest BCUT2D eigenvalue weighted by molar-refractivity contribution is 1.33. The molecule has 0 spiro atoms. The highest BCUT2D eigenvalue weighted by Crippen LogP contribution is 2.21. The number of aromatic nitrogens is 2. The van der Waals surface area contributed by atoms with E-state index in [1.807, 2.05) is 17.5 Å². The predicted molar refractivity (Wildman–Crippen MR) is 46.3 cm³/mol.